The van der Waals surface area contributed by atoms with Gasteiger partial charge in [-0.3, -0.25) is 4.90 Å². The third-order valence-electron chi connectivity index (χ3n) is 2.67. The number of aliphatic hydroxyl groups excluding tert-OH is 1. The van der Waals surface area contributed by atoms with E-state index in [-0.39, 0.29) is 6.10 Å². The van der Waals surface area contributed by atoms with Crippen LogP contribution in [0.5, 0.6) is 0 Å². The van der Waals surface area contributed by atoms with Crippen molar-refractivity contribution >= 4 is 5.71 Å². The topological polar surface area (TPSA) is 65.3 Å². The van der Waals surface area contributed by atoms with Gasteiger partial charge >= 0.3 is 0 Å². The van der Waals surface area contributed by atoms with Gasteiger partial charge in [0, 0.05) is 32.5 Å². The number of hydrogen-bond donors (Lipinski definition) is 2. The number of β-amino-alcohol motifs (C(OH)–C–C–N with tert-alkyl or cyclic N) is 1. The van der Waals surface area contributed by atoms with Gasteiger partial charge in [0.15, 0.2) is 0 Å². The summed E-state index contributed by atoms with van der Waals surface area (Å²) in [7, 11) is 0. The van der Waals surface area contributed by atoms with E-state index in [2.05, 4.69) is 10.1 Å². The summed E-state index contributed by atoms with van der Waals surface area (Å²) in [4.78, 5) is 2.17. The minimum atomic E-state index is -0.435. The Morgan fingerprint density at radius 3 is 2.50 bits per heavy atom. The lowest BCUT2D eigenvalue weighted by atomic mass is 10.1. The van der Waals surface area contributed by atoms with E-state index >= 15 is 0 Å². The summed E-state index contributed by atoms with van der Waals surface area (Å²) in [5, 5.41) is 21.6. The molecule has 1 fully saturated rings. The molecule has 1 heterocycles. The van der Waals surface area contributed by atoms with Crippen LogP contribution < -0.4 is 0 Å². The predicted molar refractivity (Wildman–Crippen MR) is 62.0 cm³/mol. The summed E-state index contributed by atoms with van der Waals surface area (Å²) in [6, 6.07) is 0. The summed E-state index contributed by atoms with van der Waals surface area (Å²) >= 11 is 0. The molecule has 1 atom stereocenters. The number of likely N-dealkylation sites (tertiary alicyclic amines) is 1. The summed E-state index contributed by atoms with van der Waals surface area (Å²) in [6.45, 7) is 6.62. The van der Waals surface area contributed by atoms with Crippen molar-refractivity contribution in [2.24, 2.45) is 5.16 Å². The molecule has 2 N–H and O–H groups in total. The van der Waals surface area contributed by atoms with Gasteiger partial charge in [-0.05, 0) is 13.8 Å². The van der Waals surface area contributed by atoms with E-state index in [1.165, 1.54) is 0 Å². The van der Waals surface area contributed by atoms with E-state index < -0.39 is 6.10 Å². The van der Waals surface area contributed by atoms with Gasteiger partial charge < -0.3 is 15.1 Å². The minimum Gasteiger partial charge on any atom is -0.411 e. The highest BCUT2D eigenvalue weighted by molar-refractivity contribution is 5.84. The molecule has 0 amide bonds. The first-order chi connectivity index (χ1) is 7.61. The lowest BCUT2D eigenvalue weighted by Gasteiger charge is -2.29. The Balaban J connectivity index is 2.18. The second-order valence-electron chi connectivity index (χ2n) is 4.50. The maximum Gasteiger partial charge on any atom is 0.0900 e. The number of ether oxygens (including phenoxy) is 1. The van der Waals surface area contributed by atoms with Crippen molar-refractivity contribution in [1.82, 2.24) is 4.90 Å². The van der Waals surface area contributed by atoms with Crippen LogP contribution >= 0.6 is 0 Å². The van der Waals surface area contributed by atoms with Gasteiger partial charge in [-0.1, -0.05) is 5.16 Å². The first kappa shape index (κ1) is 13.4. The Morgan fingerprint density at radius 1 is 1.38 bits per heavy atom. The predicted octanol–water partition coefficient (Wildman–Crippen LogP) is 0.698. The van der Waals surface area contributed by atoms with Gasteiger partial charge in [-0.25, -0.2) is 0 Å². The molecule has 0 aromatic carbocycles. The standard InChI is InChI=1S/C11H22N2O3/c1-9(2)16-8-11(14)7-13-5-3-10(12-15)4-6-13/h9,11,14-15H,3-8H2,1-2H3. The normalized spacial score (nSPS) is 20.1. The third-order valence-corrected chi connectivity index (χ3v) is 2.67. The van der Waals surface area contributed by atoms with Crippen LogP contribution in [0, 0.1) is 0 Å². The molecule has 5 heteroatoms. The number of piperidine rings is 1. The number of hydrogen-bond acceptors (Lipinski definition) is 5. The molecular weight excluding hydrogens is 208 g/mol. The highest BCUT2D eigenvalue weighted by Gasteiger charge is 2.18. The average molecular weight is 230 g/mol. The Bertz CT molecular complexity index is 221. The molecule has 1 aliphatic heterocycles. The quantitative estimate of drug-likeness (QED) is 0.539. The van der Waals surface area contributed by atoms with Crippen molar-refractivity contribution in [3.8, 4) is 0 Å². The van der Waals surface area contributed by atoms with Crippen LogP contribution in [0.3, 0.4) is 0 Å². The van der Waals surface area contributed by atoms with Crippen LogP contribution in [-0.4, -0.2) is 59.4 Å². The molecule has 1 rings (SSSR count). The molecule has 0 saturated carbocycles. The molecule has 1 unspecified atom stereocenters. The summed E-state index contributed by atoms with van der Waals surface area (Å²) < 4.78 is 5.35. The van der Waals surface area contributed by atoms with Crippen molar-refractivity contribution in [2.75, 3.05) is 26.2 Å². The fraction of sp³-hybridized carbons (Fsp3) is 0.909. The molecule has 1 aliphatic rings. The van der Waals surface area contributed by atoms with Gasteiger partial charge in [-0.15, -0.1) is 0 Å². The molecule has 5 nitrogen and oxygen atoms in total. The monoisotopic (exact) mass is 230 g/mol. The van der Waals surface area contributed by atoms with E-state index in [0.29, 0.717) is 13.2 Å². The van der Waals surface area contributed by atoms with Crippen LogP contribution in [0.15, 0.2) is 5.16 Å². The number of nitrogens with zero attached hydrogens (tertiary/aromatic N) is 2. The Hall–Kier alpha value is -0.650. The molecule has 16 heavy (non-hydrogen) atoms. The summed E-state index contributed by atoms with van der Waals surface area (Å²) in [6.07, 6.45) is 1.29. The molecule has 94 valence electrons. The van der Waals surface area contributed by atoms with Crippen molar-refractivity contribution in [3.63, 3.8) is 0 Å². The van der Waals surface area contributed by atoms with E-state index in [9.17, 15) is 5.11 Å². The molecule has 0 aromatic rings. The average Bonchev–Trinajstić information content (AvgIpc) is 2.27. The van der Waals surface area contributed by atoms with Crippen LogP contribution in [-0.2, 0) is 4.74 Å². The van der Waals surface area contributed by atoms with E-state index in [0.717, 1.165) is 31.6 Å². The Labute approximate surface area is 96.7 Å². The van der Waals surface area contributed by atoms with E-state index in [1.807, 2.05) is 13.8 Å². The van der Waals surface area contributed by atoms with Crippen molar-refractivity contribution < 1.29 is 15.1 Å². The van der Waals surface area contributed by atoms with Crippen LogP contribution in [0.1, 0.15) is 26.7 Å². The Morgan fingerprint density at radius 2 is 2.00 bits per heavy atom. The van der Waals surface area contributed by atoms with Crippen LogP contribution in [0.4, 0.5) is 0 Å². The smallest absolute Gasteiger partial charge is 0.0900 e. The van der Waals surface area contributed by atoms with Gasteiger partial charge in [0.1, 0.15) is 0 Å². The van der Waals surface area contributed by atoms with Crippen molar-refractivity contribution in [2.45, 2.75) is 38.9 Å². The van der Waals surface area contributed by atoms with Crippen molar-refractivity contribution in [3.05, 3.63) is 0 Å². The van der Waals surface area contributed by atoms with E-state index in [1.54, 1.807) is 0 Å². The largest absolute Gasteiger partial charge is 0.411 e. The van der Waals surface area contributed by atoms with Crippen LogP contribution in [0.25, 0.3) is 0 Å². The molecular formula is C11H22N2O3. The fourth-order valence-electron chi connectivity index (χ4n) is 1.75. The highest BCUT2D eigenvalue weighted by atomic mass is 16.5. The lowest BCUT2D eigenvalue weighted by molar-refractivity contribution is -0.00857. The van der Waals surface area contributed by atoms with Crippen molar-refractivity contribution in [1.29, 1.82) is 0 Å². The SMILES string of the molecule is CC(C)OCC(O)CN1CCC(=NO)CC1. The molecule has 0 bridgehead atoms. The van der Waals surface area contributed by atoms with Gasteiger partial charge in [0.2, 0.25) is 0 Å². The zero-order chi connectivity index (χ0) is 12.0. The summed E-state index contributed by atoms with van der Waals surface area (Å²) in [5.41, 5.74) is 0.851. The number of oxime groups is 1. The van der Waals surface area contributed by atoms with Gasteiger partial charge in [0.25, 0.3) is 0 Å². The molecule has 1 saturated heterocycles. The fourth-order valence-corrected chi connectivity index (χ4v) is 1.75. The third kappa shape index (κ3) is 4.92. The maximum absolute atomic E-state index is 9.73. The second-order valence-corrected chi connectivity index (χ2v) is 4.50. The zero-order valence-electron chi connectivity index (χ0n) is 10.1. The molecule has 0 aromatic heterocycles. The molecule has 0 spiro atoms. The lowest BCUT2D eigenvalue weighted by Crippen LogP contribution is -2.40. The highest BCUT2D eigenvalue weighted by Crippen LogP contribution is 2.08. The summed E-state index contributed by atoms with van der Waals surface area (Å²) in [5.74, 6) is 0. The first-order valence-electron chi connectivity index (χ1n) is 5.83. The number of rotatable bonds is 5. The first-order valence-corrected chi connectivity index (χ1v) is 5.83. The Kier molecular flexibility index (Phi) is 5.73. The van der Waals surface area contributed by atoms with Gasteiger partial charge in [0.05, 0.1) is 24.5 Å². The van der Waals surface area contributed by atoms with E-state index in [4.69, 9.17) is 9.94 Å². The van der Waals surface area contributed by atoms with Crippen LogP contribution in [0.2, 0.25) is 0 Å². The number of aliphatic hydroxyl groups is 1. The van der Waals surface area contributed by atoms with Gasteiger partial charge in [-0.2, -0.15) is 0 Å². The molecule has 0 aliphatic carbocycles. The molecule has 0 radical (unpaired) electrons. The zero-order valence-corrected chi connectivity index (χ0v) is 10.1. The maximum atomic E-state index is 9.73. The second kappa shape index (κ2) is 6.83. The minimum absolute atomic E-state index is 0.157.